The summed E-state index contributed by atoms with van der Waals surface area (Å²) in [7, 11) is 0. The second-order valence-electron chi connectivity index (χ2n) is 5.03. The van der Waals surface area contributed by atoms with Crippen molar-refractivity contribution in [1.29, 1.82) is 0 Å². The van der Waals surface area contributed by atoms with E-state index in [1.807, 2.05) is 0 Å². The second kappa shape index (κ2) is 7.31. The molecule has 6 heteroatoms. The van der Waals surface area contributed by atoms with Gasteiger partial charge in [0.05, 0.1) is 6.61 Å². The molecule has 0 aromatic heterocycles. The number of hydrogen-bond donors (Lipinski definition) is 2. The molecule has 3 N–H and O–H groups in total. The molecule has 5 nitrogen and oxygen atoms in total. The summed E-state index contributed by atoms with van der Waals surface area (Å²) in [6, 6.07) is 5.15. The fourth-order valence-corrected chi connectivity index (χ4v) is 2.58. The Hall–Kier alpha value is -2.01. The maximum Gasteiger partial charge on any atom is 0.354 e. The Morgan fingerprint density at radius 2 is 2.18 bits per heavy atom. The maximum absolute atomic E-state index is 12.1. The smallest absolute Gasteiger partial charge is 0.354 e. The van der Waals surface area contributed by atoms with Crippen LogP contribution in [-0.4, -0.2) is 24.4 Å². The molecule has 2 rings (SSSR count). The van der Waals surface area contributed by atoms with E-state index in [1.165, 1.54) is 0 Å². The Morgan fingerprint density at radius 1 is 1.41 bits per heavy atom. The normalized spacial score (nSPS) is 13.4. The van der Waals surface area contributed by atoms with Gasteiger partial charge in [-0.3, -0.25) is 4.79 Å². The number of anilines is 1. The van der Waals surface area contributed by atoms with E-state index < -0.39 is 5.91 Å². The van der Waals surface area contributed by atoms with E-state index in [4.69, 9.17) is 22.1 Å². The van der Waals surface area contributed by atoms with E-state index in [9.17, 15) is 9.59 Å². The molecule has 1 amide bonds. The summed E-state index contributed by atoms with van der Waals surface area (Å²) in [4.78, 5) is 23.4. The first kappa shape index (κ1) is 16.4. The van der Waals surface area contributed by atoms with Crippen LogP contribution >= 0.6 is 11.6 Å². The molecule has 0 radical (unpaired) electrons. The Kier molecular flexibility index (Phi) is 5.44. The molecular weight excluding hydrogens is 304 g/mol. The van der Waals surface area contributed by atoms with Gasteiger partial charge in [0.2, 0.25) is 5.91 Å². The number of hydrogen-bond acceptors (Lipinski definition) is 4. The first-order chi connectivity index (χ1) is 10.6. The quantitative estimate of drug-likeness (QED) is 0.623. The molecule has 0 atom stereocenters. The molecule has 1 heterocycles. The van der Waals surface area contributed by atoms with Crippen LogP contribution in [-0.2, 0) is 16.0 Å². The van der Waals surface area contributed by atoms with Gasteiger partial charge in [-0.2, -0.15) is 0 Å². The van der Waals surface area contributed by atoms with Crippen LogP contribution in [0.4, 0.5) is 5.69 Å². The monoisotopic (exact) mass is 322 g/mol. The number of nitrogens with two attached hydrogens (primary N) is 1. The fourth-order valence-electron chi connectivity index (χ4n) is 2.45. The number of rotatable bonds is 6. The molecule has 1 aromatic rings. The van der Waals surface area contributed by atoms with Crippen LogP contribution in [0.1, 0.15) is 35.7 Å². The van der Waals surface area contributed by atoms with Crippen LogP contribution < -0.4 is 11.1 Å². The van der Waals surface area contributed by atoms with Crippen molar-refractivity contribution >= 4 is 29.2 Å². The van der Waals surface area contributed by atoms with E-state index in [0.29, 0.717) is 36.6 Å². The minimum atomic E-state index is -0.467. The molecule has 0 bridgehead atoms. The molecule has 118 valence electrons. The van der Waals surface area contributed by atoms with Crippen molar-refractivity contribution in [3.63, 3.8) is 0 Å². The van der Waals surface area contributed by atoms with E-state index in [1.54, 1.807) is 25.1 Å². The van der Waals surface area contributed by atoms with Crippen LogP contribution in [0.5, 0.6) is 0 Å². The van der Waals surface area contributed by atoms with E-state index in [2.05, 4.69) is 5.32 Å². The topological polar surface area (TPSA) is 81.4 Å². The lowest BCUT2D eigenvalue weighted by Crippen LogP contribution is -2.23. The highest BCUT2D eigenvalue weighted by Gasteiger charge is 2.23. The molecule has 0 saturated heterocycles. The van der Waals surface area contributed by atoms with Gasteiger partial charge in [0.15, 0.2) is 0 Å². The molecular formula is C16H19ClN2O3. The Morgan fingerprint density at radius 3 is 2.82 bits per heavy atom. The summed E-state index contributed by atoms with van der Waals surface area (Å²) in [5.41, 5.74) is 8.92. The number of allylic oxidation sites excluding steroid dienone is 1. The standard InChI is InChI=1S/C16H19ClN2O3/c1-2-22-16(21)14-10(4-3-7-17)8-12-9-11(15(18)20)5-6-13(12)19-14/h5-6,9,19H,2-4,7-8H2,1H3,(H2,18,20). The van der Waals surface area contributed by atoms with Crippen LogP contribution in [0.2, 0.25) is 0 Å². The number of ether oxygens (including phenoxy) is 1. The van der Waals surface area contributed by atoms with Crippen LogP contribution in [0.25, 0.3) is 0 Å². The minimum Gasteiger partial charge on any atom is -0.461 e. The summed E-state index contributed by atoms with van der Waals surface area (Å²) in [6.45, 7) is 2.09. The van der Waals surface area contributed by atoms with Gasteiger partial charge in [-0.05, 0) is 55.5 Å². The minimum absolute atomic E-state index is 0.320. The van der Waals surface area contributed by atoms with Crippen molar-refractivity contribution in [2.45, 2.75) is 26.2 Å². The number of fused-ring (bicyclic) bond motifs is 1. The molecule has 0 spiro atoms. The van der Waals surface area contributed by atoms with Crippen LogP contribution in [0.15, 0.2) is 29.5 Å². The summed E-state index contributed by atoms with van der Waals surface area (Å²) < 4.78 is 5.10. The number of amides is 1. The predicted octanol–water partition coefficient (Wildman–Crippen LogP) is 2.59. The zero-order valence-corrected chi connectivity index (χ0v) is 13.2. The van der Waals surface area contributed by atoms with Crippen molar-refractivity contribution < 1.29 is 14.3 Å². The highest BCUT2D eigenvalue weighted by molar-refractivity contribution is 6.17. The van der Waals surface area contributed by atoms with E-state index in [-0.39, 0.29) is 5.97 Å². The lowest BCUT2D eigenvalue weighted by Gasteiger charge is -2.24. The van der Waals surface area contributed by atoms with Crippen molar-refractivity contribution in [3.05, 3.63) is 40.6 Å². The average molecular weight is 323 g/mol. The molecule has 0 saturated carbocycles. The number of primary amides is 1. The SMILES string of the molecule is CCOC(=O)C1=C(CCCCl)Cc2cc(C(N)=O)ccc2N1. The fraction of sp³-hybridized carbons (Fsp3) is 0.375. The zero-order chi connectivity index (χ0) is 16.1. The molecule has 1 aromatic carbocycles. The van der Waals surface area contributed by atoms with E-state index >= 15 is 0 Å². The number of nitrogens with one attached hydrogen (secondary N) is 1. The molecule has 0 fully saturated rings. The first-order valence-electron chi connectivity index (χ1n) is 7.21. The lowest BCUT2D eigenvalue weighted by atomic mass is 9.93. The predicted molar refractivity (Wildman–Crippen MR) is 85.9 cm³/mol. The molecule has 1 aliphatic heterocycles. The molecule has 1 aliphatic rings. The third kappa shape index (κ3) is 3.60. The summed E-state index contributed by atoms with van der Waals surface area (Å²) >= 11 is 5.76. The Balaban J connectivity index is 2.33. The largest absolute Gasteiger partial charge is 0.461 e. The number of carbonyl (C=O) groups is 2. The number of alkyl halides is 1. The zero-order valence-electron chi connectivity index (χ0n) is 12.4. The molecule has 0 unspecified atom stereocenters. The highest BCUT2D eigenvalue weighted by atomic mass is 35.5. The first-order valence-corrected chi connectivity index (χ1v) is 7.75. The van der Waals surface area contributed by atoms with Gasteiger partial charge in [-0.1, -0.05) is 0 Å². The van der Waals surface area contributed by atoms with Crippen molar-refractivity contribution in [2.24, 2.45) is 5.73 Å². The molecule has 0 aliphatic carbocycles. The average Bonchev–Trinajstić information content (AvgIpc) is 2.51. The summed E-state index contributed by atoms with van der Waals surface area (Å²) in [6.07, 6.45) is 2.05. The van der Waals surface area contributed by atoms with E-state index in [0.717, 1.165) is 23.2 Å². The van der Waals surface area contributed by atoms with Gasteiger partial charge in [-0.15, -0.1) is 11.6 Å². The van der Waals surface area contributed by atoms with Gasteiger partial charge < -0.3 is 15.8 Å². The Labute approximate surface area is 134 Å². The third-order valence-corrected chi connectivity index (χ3v) is 3.77. The Bertz CT molecular complexity index is 626. The summed E-state index contributed by atoms with van der Waals surface area (Å²) in [5, 5.41) is 3.12. The van der Waals surface area contributed by atoms with Gasteiger partial charge in [0, 0.05) is 17.1 Å². The second-order valence-corrected chi connectivity index (χ2v) is 5.41. The van der Waals surface area contributed by atoms with Crippen LogP contribution in [0.3, 0.4) is 0 Å². The number of carbonyl (C=O) groups excluding carboxylic acids is 2. The lowest BCUT2D eigenvalue weighted by molar-refractivity contribution is -0.138. The number of benzene rings is 1. The molecule has 22 heavy (non-hydrogen) atoms. The van der Waals surface area contributed by atoms with Gasteiger partial charge in [0.25, 0.3) is 0 Å². The van der Waals surface area contributed by atoms with Crippen molar-refractivity contribution in [3.8, 4) is 0 Å². The number of halogens is 1. The van der Waals surface area contributed by atoms with Gasteiger partial charge in [0.1, 0.15) is 5.70 Å². The van der Waals surface area contributed by atoms with Crippen LogP contribution in [0, 0.1) is 0 Å². The van der Waals surface area contributed by atoms with Gasteiger partial charge >= 0.3 is 5.97 Å². The summed E-state index contributed by atoms with van der Waals surface area (Å²) in [5.74, 6) is -0.310. The van der Waals surface area contributed by atoms with Gasteiger partial charge in [-0.25, -0.2) is 4.79 Å². The number of esters is 1. The van der Waals surface area contributed by atoms with Crippen molar-refractivity contribution in [2.75, 3.05) is 17.8 Å². The maximum atomic E-state index is 12.1. The highest BCUT2D eigenvalue weighted by Crippen LogP contribution is 2.31. The third-order valence-electron chi connectivity index (χ3n) is 3.50. The van der Waals surface area contributed by atoms with Crippen molar-refractivity contribution in [1.82, 2.24) is 0 Å².